The van der Waals surface area contributed by atoms with E-state index >= 15 is 0 Å². The lowest BCUT2D eigenvalue weighted by Gasteiger charge is -2.29. The van der Waals surface area contributed by atoms with Gasteiger partial charge in [-0.05, 0) is 24.3 Å². The molecule has 0 saturated carbocycles. The van der Waals surface area contributed by atoms with E-state index in [1.807, 2.05) is 24.3 Å². The Hall–Kier alpha value is -2.71. The van der Waals surface area contributed by atoms with E-state index in [0.717, 1.165) is 13.0 Å². The molecule has 0 radical (unpaired) electrons. The molecule has 0 bridgehead atoms. The van der Waals surface area contributed by atoms with Crippen molar-refractivity contribution in [3.05, 3.63) is 48.3 Å². The minimum atomic E-state index is -0.770. The highest BCUT2D eigenvalue weighted by atomic mass is 32.1. The summed E-state index contributed by atoms with van der Waals surface area (Å²) in [4.78, 5) is 20.6. The number of nitrogens with one attached hydrogen (secondary N) is 1. The van der Waals surface area contributed by atoms with Crippen LogP contribution >= 0.6 is 11.3 Å². The average molecular weight is 416 g/mol. The molecule has 0 fully saturated rings. The van der Waals surface area contributed by atoms with Crippen LogP contribution in [0.25, 0.3) is 10.2 Å². The number of benzene rings is 2. The van der Waals surface area contributed by atoms with Gasteiger partial charge in [0.1, 0.15) is 17.9 Å². The number of quaternary nitrogens is 1. The van der Waals surface area contributed by atoms with Gasteiger partial charge < -0.3 is 14.4 Å². The molecule has 0 unspecified atom stereocenters. The standard InChI is InChI=1S/C21H22FN3O3S/c1-24(2)11-6-12-25(21-23-19-14(22)7-5-10-18(19)29-21)20(26)17-13-27-15-8-3-4-9-16(15)28-17/h3-5,7-10,17H,6,11-13H2,1-2H3/p+1/t17-/m0/s1. The molecule has 4 rings (SSSR count). The van der Waals surface area contributed by atoms with Gasteiger partial charge in [-0.15, -0.1) is 0 Å². The third kappa shape index (κ3) is 4.18. The van der Waals surface area contributed by atoms with E-state index in [-0.39, 0.29) is 23.8 Å². The molecular weight excluding hydrogens is 393 g/mol. The summed E-state index contributed by atoms with van der Waals surface area (Å²) in [5.41, 5.74) is 0.287. The summed E-state index contributed by atoms with van der Waals surface area (Å²) in [5.74, 6) is 0.556. The van der Waals surface area contributed by atoms with Gasteiger partial charge in [0, 0.05) is 13.0 Å². The van der Waals surface area contributed by atoms with Crippen molar-refractivity contribution in [3.8, 4) is 11.5 Å². The Labute approximate surface area is 172 Å². The van der Waals surface area contributed by atoms with Gasteiger partial charge in [0.25, 0.3) is 5.91 Å². The van der Waals surface area contributed by atoms with Crippen molar-refractivity contribution >= 4 is 32.6 Å². The summed E-state index contributed by atoms with van der Waals surface area (Å²) in [6.45, 7) is 1.51. The van der Waals surface area contributed by atoms with Crippen molar-refractivity contribution in [2.45, 2.75) is 12.5 Å². The highest BCUT2D eigenvalue weighted by molar-refractivity contribution is 7.22. The fourth-order valence-corrected chi connectivity index (χ4v) is 4.24. The van der Waals surface area contributed by atoms with E-state index in [9.17, 15) is 9.18 Å². The van der Waals surface area contributed by atoms with Gasteiger partial charge in [0.15, 0.2) is 16.6 Å². The molecule has 0 aliphatic carbocycles. The fourth-order valence-electron chi connectivity index (χ4n) is 3.22. The number of anilines is 1. The number of carbonyl (C=O) groups is 1. The number of fused-ring (bicyclic) bond motifs is 2. The molecule has 1 atom stereocenters. The van der Waals surface area contributed by atoms with Crippen LogP contribution in [0.15, 0.2) is 42.5 Å². The second kappa shape index (κ2) is 8.34. The van der Waals surface area contributed by atoms with Gasteiger partial charge in [-0.1, -0.05) is 29.5 Å². The number of hydrogen-bond acceptors (Lipinski definition) is 5. The zero-order chi connectivity index (χ0) is 20.4. The highest BCUT2D eigenvalue weighted by Gasteiger charge is 2.33. The van der Waals surface area contributed by atoms with E-state index in [2.05, 4.69) is 19.1 Å². The van der Waals surface area contributed by atoms with Crippen LogP contribution in [-0.4, -0.2) is 50.8 Å². The van der Waals surface area contributed by atoms with Crippen molar-refractivity contribution < 1.29 is 23.6 Å². The second-order valence-electron chi connectivity index (χ2n) is 7.25. The zero-order valence-corrected chi connectivity index (χ0v) is 17.2. The van der Waals surface area contributed by atoms with E-state index in [1.54, 1.807) is 17.0 Å². The average Bonchev–Trinajstić information content (AvgIpc) is 3.15. The first-order chi connectivity index (χ1) is 14.0. The van der Waals surface area contributed by atoms with E-state index in [0.29, 0.717) is 27.9 Å². The summed E-state index contributed by atoms with van der Waals surface area (Å²) in [7, 11) is 4.13. The molecule has 1 amide bonds. The number of thiazole rings is 1. The SMILES string of the molecule is C[NH+](C)CCCN(C(=O)[C@@H]1COc2ccccc2O1)c1nc2c(F)cccc2s1. The zero-order valence-electron chi connectivity index (χ0n) is 16.4. The van der Waals surface area contributed by atoms with Crippen LogP contribution in [0.5, 0.6) is 11.5 Å². The smallest absolute Gasteiger partial charge is 0.273 e. The van der Waals surface area contributed by atoms with Crippen LogP contribution in [0.1, 0.15) is 6.42 Å². The maximum absolute atomic E-state index is 14.1. The summed E-state index contributed by atoms with van der Waals surface area (Å²) in [5, 5.41) is 0.478. The van der Waals surface area contributed by atoms with E-state index in [4.69, 9.17) is 9.47 Å². The summed E-state index contributed by atoms with van der Waals surface area (Å²) < 4.78 is 26.5. The molecule has 2 heterocycles. The number of halogens is 1. The van der Waals surface area contributed by atoms with Crippen molar-refractivity contribution in [2.24, 2.45) is 0 Å². The number of carbonyl (C=O) groups excluding carboxylic acids is 1. The number of amides is 1. The third-order valence-electron chi connectivity index (χ3n) is 4.70. The largest absolute Gasteiger partial charge is 0.485 e. The van der Waals surface area contributed by atoms with Crippen molar-refractivity contribution in [1.29, 1.82) is 0 Å². The number of rotatable bonds is 6. The number of ether oxygens (including phenoxy) is 2. The second-order valence-corrected chi connectivity index (χ2v) is 8.26. The summed E-state index contributed by atoms with van der Waals surface area (Å²) in [6, 6.07) is 12.1. The summed E-state index contributed by atoms with van der Waals surface area (Å²) >= 11 is 1.31. The van der Waals surface area contributed by atoms with Crippen LogP contribution in [-0.2, 0) is 4.79 Å². The molecule has 29 heavy (non-hydrogen) atoms. The van der Waals surface area contributed by atoms with Gasteiger partial charge in [-0.3, -0.25) is 9.69 Å². The van der Waals surface area contributed by atoms with Crippen LogP contribution in [0, 0.1) is 5.82 Å². The molecule has 6 nitrogen and oxygen atoms in total. The van der Waals surface area contributed by atoms with Crippen LogP contribution < -0.4 is 19.3 Å². The van der Waals surface area contributed by atoms with Crippen LogP contribution in [0.2, 0.25) is 0 Å². The predicted octanol–water partition coefficient (Wildman–Crippen LogP) is 2.14. The third-order valence-corrected chi connectivity index (χ3v) is 5.74. The lowest BCUT2D eigenvalue weighted by atomic mass is 10.2. The Kier molecular flexibility index (Phi) is 5.64. The van der Waals surface area contributed by atoms with E-state index in [1.165, 1.54) is 22.3 Å². The Morgan fingerprint density at radius 1 is 1.24 bits per heavy atom. The van der Waals surface area contributed by atoms with Crippen molar-refractivity contribution in [2.75, 3.05) is 38.7 Å². The number of nitrogens with zero attached hydrogens (tertiary/aromatic N) is 2. The Balaban J connectivity index is 1.61. The maximum Gasteiger partial charge on any atom is 0.273 e. The van der Waals surface area contributed by atoms with Crippen molar-refractivity contribution in [3.63, 3.8) is 0 Å². The number of para-hydroxylation sites is 3. The van der Waals surface area contributed by atoms with Crippen LogP contribution in [0.4, 0.5) is 9.52 Å². The molecule has 3 aromatic rings. The number of aromatic nitrogens is 1. The van der Waals surface area contributed by atoms with Gasteiger partial charge in [0.05, 0.1) is 25.3 Å². The Morgan fingerprint density at radius 3 is 2.79 bits per heavy atom. The molecular formula is C21H23FN3O3S+. The first-order valence-electron chi connectivity index (χ1n) is 9.57. The van der Waals surface area contributed by atoms with Crippen LogP contribution in [0.3, 0.4) is 0 Å². The molecule has 0 spiro atoms. The monoisotopic (exact) mass is 416 g/mol. The molecule has 1 aromatic heterocycles. The normalized spacial score (nSPS) is 15.7. The lowest BCUT2D eigenvalue weighted by Crippen LogP contribution is -3.05. The molecule has 0 saturated heterocycles. The maximum atomic E-state index is 14.1. The molecule has 152 valence electrons. The van der Waals surface area contributed by atoms with Gasteiger partial charge in [0.2, 0.25) is 6.10 Å². The minimum Gasteiger partial charge on any atom is -0.485 e. The quantitative estimate of drug-likeness (QED) is 0.669. The fraction of sp³-hybridized carbons (Fsp3) is 0.333. The Bertz CT molecular complexity index is 1020. The molecule has 1 N–H and O–H groups in total. The minimum absolute atomic E-state index is 0.129. The van der Waals surface area contributed by atoms with E-state index < -0.39 is 6.10 Å². The molecule has 1 aliphatic rings. The lowest BCUT2D eigenvalue weighted by molar-refractivity contribution is -0.858. The highest BCUT2D eigenvalue weighted by Crippen LogP contribution is 2.34. The van der Waals surface area contributed by atoms with Gasteiger partial charge >= 0.3 is 0 Å². The Morgan fingerprint density at radius 2 is 2.03 bits per heavy atom. The molecule has 1 aliphatic heterocycles. The first-order valence-corrected chi connectivity index (χ1v) is 10.4. The first kappa shape index (κ1) is 19.6. The topological polar surface area (TPSA) is 56.1 Å². The van der Waals surface area contributed by atoms with Gasteiger partial charge in [-0.25, -0.2) is 9.37 Å². The van der Waals surface area contributed by atoms with Crippen molar-refractivity contribution in [1.82, 2.24) is 4.98 Å². The summed E-state index contributed by atoms with van der Waals surface area (Å²) in [6.07, 6.45) is 0.0184. The molecule has 8 heteroatoms. The van der Waals surface area contributed by atoms with Gasteiger partial charge in [-0.2, -0.15) is 0 Å². The predicted molar refractivity (Wildman–Crippen MR) is 111 cm³/mol. The number of hydrogen-bond donors (Lipinski definition) is 1. The molecule has 2 aromatic carbocycles.